The summed E-state index contributed by atoms with van der Waals surface area (Å²) >= 11 is 0. The van der Waals surface area contributed by atoms with Crippen LogP contribution in [0.1, 0.15) is 12.8 Å². The van der Waals surface area contributed by atoms with Gasteiger partial charge in [-0.2, -0.15) is 0 Å². The second-order valence-corrected chi connectivity index (χ2v) is 5.09. The SMILES string of the molecule is O=C(Cn1cnnn1)N1CCO[C@H]2C[C@H](CO)C[C@@H]21. The van der Waals surface area contributed by atoms with Gasteiger partial charge in [0, 0.05) is 13.2 Å². The zero-order chi connectivity index (χ0) is 13.2. The highest BCUT2D eigenvalue weighted by Gasteiger charge is 2.42. The molecule has 2 fully saturated rings. The first-order valence-corrected chi connectivity index (χ1v) is 6.50. The van der Waals surface area contributed by atoms with Crippen molar-refractivity contribution >= 4 is 5.91 Å². The molecule has 1 saturated heterocycles. The molecule has 0 aromatic carbocycles. The van der Waals surface area contributed by atoms with E-state index in [0.29, 0.717) is 13.2 Å². The Kier molecular flexibility index (Phi) is 3.43. The number of hydrogen-bond donors (Lipinski definition) is 1. The van der Waals surface area contributed by atoms with Crippen molar-refractivity contribution in [3.63, 3.8) is 0 Å². The Hall–Kier alpha value is -1.54. The van der Waals surface area contributed by atoms with Gasteiger partial charge in [-0.15, -0.1) is 5.10 Å². The molecule has 3 rings (SSSR count). The van der Waals surface area contributed by atoms with Crippen LogP contribution in [0.2, 0.25) is 0 Å². The standard InChI is InChI=1S/C11H17N5O3/c17-6-8-3-9-10(4-8)19-2-1-16(9)11(18)5-15-7-12-13-14-15/h7-10,17H,1-6H2/t8-,9+,10+/m1/s1. The van der Waals surface area contributed by atoms with E-state index < -0.39 is 0 Å². The molecule has 1 amide bonds. The van der Waals surface area contributed by atoms with E-state index in [9.17, 15) is 9.90 Å². The number of rotatable bonds is 3. The van der Waals surface area contributed by atoms with Gasteiger partial charge in [0.25, 0.3) is 0 Å². The van der Waals surface area contributed by atoms with Crippen LogP contribution in [0.15, 0.2) is 6.33 Å². The van der Waals surface area contributed by atoms with Crippen LogP contribution >= 0.6 is 0 Å². The van der Waals surface area contributed by atoms with Crippen molar-refractivity contribution in [1.29, 1.82) is 0 Å². The van der Waals surface area contributed by atoms with Gasteiger partial charge < -0.3 is 14.7 Å². The number of morpholine rings is 1. The van der Waals surface area contributed by atoms with E-state index in [0.717, 1.165) is 12.8 Å². The van der Waals surface area contributed by atoms with Gasteiger partial charge in [-0.1, -0.05) is 0 Å². The maximum atomic E-state index is 12.3. The van der Waals surface area contributed by atoms with E-state index in [1.807, 2.05) is 4.90 Å². The number of aliphatic hydroxyl groups excluding tert-OH is 1. The van der Waals surface area contributed by atoms with Gasteiger partial charge in [0.05, 0.1) is 18.8 Å². The van der Waals surface area contributed by atoms with Crippen molar-refractivity contribution in [1.82, 2.24) is 25.1 Å². The Morgan fingerprint density at radius 1 is 1.47 bits per heavy atom. The van der Waals surface area contributed by atoms with Crippen LogP contribution < -0.4 is 0 Å². The Morgan fingerprint density at radius 2 is 2.37 bits per heavy atom. The first kappa shape index (κ1) is 12.5. The van der Waals surface area contributed by atoms with Gasteiger partial charge in [-0.05, 0) is 29.2 Å². The van der Waals surface area contributed by atoms with E-state index in [1.54, 1.807) is 0 Å². The average Bonchev–Trinajstić information content (AvgIpc) is 3.05. The number of aliphatic hydroxyl groups is 1. The lowest BCUT2D eigenvalue weighted by atomic mass is 10.1. The van der Waals surface area contributed by atoms with Crippen molar-refractivity contribution in [2.45, 2.75) is 31.5 Å². The van der Waals surface area contributed by atoms with E-state index in [4.69, 9.17) is 4.74 Å². The van der Waals surface area contributed by atoms with Gasteiger partial charge in [0.1, 0.15) is 12.9 Å². The minimum atomic E-state index is 0.00388. The number of fused-ring (bicyclic) bond motifs is 1. The molecular weight excluding hydrogens is 250 g/mol. The first-order valence-electron chi connectivity index (χ1n) is 6.50. The summed E-state index contributed by atoms with van der Waals surface area (Å²) in [5.41, 5.74) is 0. The molecule has 0 spiro atoms. The number of nitrogens with zero attached hydrogens (tertiary/aromatic N) is 5. The summed E-state index contributed by atoms with van der Waals surface area (Å²) in [6, 6.07) is 0.0786. The van der Waals surface area contributed by atoms with Crippen LogP contribution in [-0.2, 0) is 16.1 Å². The molecule has 8 heteroatoms. The Balaban J connectivity index is 1.67. The van der Waals surface area contributed by atoms with Gasteiger partial charge in [0.2, 0.25) is 5.91 Å². The Labute approximate surface area is 110 Å². The van der Waals surface area contributed by atoms with E-state index in [1.165, 1.54) is 11.0 Å². The molecule has 2 heterocycles. The molecule has 19 heavy (non-hydrogen) atoms. The topological polar surface area (TPSA) is 93.4 Å². The van der Waals surface area contributed by atoms with Gasteiger partial charge in [-0.25, -0.2) is 4.68 Å². The van der Waals surface area contributed by atoms with Crippen molar-refractivity contribution in [2.75, 3.05) is 19.8 Å². The lowest BCUT2D eigenvalue weighted by molar-refractivity contribution is -0.144. The molecule has 8 nitrogen and oxygen atoms in total. The number of amides is 1. The van der Waals surface area contributed by atoms with Crippen molar-refractivity contribution in [2.24, 2.45) is 5.92 Å². The molecule has 1 aromatic rings. The van der Waals surface area contributed by atoms with Crippen LogP contribution in [0, 0.1) is 5.92 Å². The van der Waals surface area contributed by atoms with E-state index in [-0.39, 0.29) is 37.1 Å². The smallest absolute Gasteiger partial charge is 0.244 e. The van der Waals surface area contributed by atoms with Crippen LogP contribution in [0.3, 0.4) is 0 Å². The molecular formula is C11H17N5O3. The first-order chi connectivity index (χ1) is 9.28. The van der Waals surface area contributed by atoms with Crippen LogP contribution in [0.4, 0.5) is 0 Å². The number of ether oxygens (including phenoxy) is 1. The van der Waals surface area contributed by atoms with Gasteiger partial charge in [-0.3, -0.25) is 4.79 Å². The largest absolute Gasteiger partial charge is 0.396 e. The van der Waals surface area contributed by atoms with Crippen molar-refractivity contribution < 1.29 is 14.6 Å². The summed E-state index contributed by atoms with van der Waals surface area (Å²) in [7, 11) is 0. The molecule has 0 bridgehead atoms. The zero-order valence-corrected chi connectivity index (χ0v) is 10.6. The molecule has 3 atom stereocenters. The number of carbonyl (C=O) groups is 1. The predicted octanol–water partition coefficient (Wildman–Crippen LogP) is -1.33. The highest BCUT2D eigenvalue weighted by molar-refractivity contribution is 5.76. The second-order valence-electron chi connectivity index (χ2n) is 5.09. The Morgan fingerprint density at radius 3 is 3.11 bits per heavy atom. The number of tetrazole rings is 1. The van der Waals surface area contributed by atoms with Crippen molar-refractivity contribution in [3.05, 3.63) is 6.33 Å². The quantitative estimate of drug-likeness (QED) is 0.729. The molecule has 1 saturated carbocycles. The summed E-state index contributed by atoms with van der Waals surface area (Å²) in [6.45, 7) is 1.46. The third-order valence-electron chi connectivity index (χ3n) is 3.90. The maximum Gasteiger partial charge on any atom is 0.244 e. The van der Waals surface area contributed by atoms with Crippen molar-refractivity contribution in [3.8, 4) is 0 Å². The fourth-order valence-electron chi connectivity index (χ4n) is 2.99. The highest BCUT2D eigenvalue weighted by atomic mass is 16.5. The summed E-state index contributed by atoms with van der Waals surface area (Å²) < 4.78 is 7.12. The Bertz CT molecular complexity index is 438. The summed E-state index contributed by atoms with van der Waals surface area (Å²) in [6.07, 6.45) is 3.13. The molecule has 1 aliphatic heterocycles. The minimum absolute atomic E-state index is 0.00388. The normalized spacial score (nSPS) is 30.4. The van der Waals surface area contributed by atoms with E-state index in [2.05, 4.69) is 15.5 Å². The summed E-state index contributed by atoms with van der Waals surface area (Å²) in [5.74, 6) is 0.237. The molecule has 1 N–H and O–H groups in total. The average molecular weight is 267 g/mol. The predicted molar refractivity (Wildman–Crippen MR) is 62.9 cm³/mol. The fourth-order valence-corrected chi connectivity index (χ4v) is 2.99. The lowest BCUT2D eigenvalue weighted by Gasteiger charge is -2.37. The molecule has 2 aliphatic rings. The summed E-state index contributed by atoms with van der Waals surface area (Å²) in [4.78, 5) is 14.1. The molecule has 1 aliphatic carbocycles. The minimum Gasteiger partial charge on any atom is -0.396 e. The molecule has 1 aromatic heterocycles. The lowest BCUT2D eigenvalue weighted by Crippen LogP contribution is -2.52. The third kappa shape index (κ3) is 2.45. The molecule has 0 radical (unpaired) electrons. The van der Waals surface area contributed by atoms with Crippen LogP contribution in [0.5, 0.6) is 0 Å². The number of aromatic nitrogens is 4. The number of hydrogen-bond acceptors (Lipinski definition) is 6. The second kappa shape index (κ2) is 5.22. The molecule has 104 valence electrons. The molecule has 0 unspecified atom stereocenters. The van der Waals surface area contributed by atoms with Gasteiger partial charge in [0.15, 0.2) is 0 Å². The monoisotopic (exact) mass is 267 g/mol. The summed E-state index contributed by atoms with van der Waals surface area (Å²) in [5, 5.41) is 20.0. The van der Waals surface area contributed by atoms with E-state index >= 15 is 0 Å². The fraction of sp³-hybridized carbons (Fsp3) is 0.818. The maximum absolute atomic E-state index is 12.3. The van der Waals surface area contributed by atoms with Crippen LogP contribution in [-0.4, -0.2) is 68.0 Å². The highest BCUT2D eigenvalue weighted by Crippen LogP contribution is 2.34. The zero-order valence-electron chi connectivity index (χ0n) is 10.6. The van der Waals surface area contributed by atoms with Crippen LogP contribution in [0.25, 0.3) is 0 Å². The van der Waals surface area contributed by atoms with Gasteiger partial charge >= 0.3 is 0 Å². The third-order valence-corrected chi connectivity index (χ3v) is 3.90. The number of carbonyl (C=O) groups excluding carboxylic acids is 1.